The maximum Gasteiger partial charge on any atom is 0.0259 e. The van der Waals surface area contributed by atoms with Crippen LogP contribution in [0.4, 0.5) is 0 Å². The average Bonchev–Trinajstić information content (AvgIpc) is 2.68. The van der Waals surface area contributed by atoms with Gasteiger partial charge in [-0.25, -0.2) is 0 Å². The first-order chi connectivity index (χ1) is 6.61. The van der Waals surface area contributed by atoms with Gasteiger partial charge in [0, 0.05) is 29.9 Å². The van der Waals surface area contributed by atoms with Gasteiger partial charge in [0.2, 0.25) is 0 Å². The highest BCUT2D eigenvalue weighted by Crippen LogP contribution is 2.39. The van der Waals surface area contributed by atoms with Crippen molar-refractivity contribution in [2.75, 3.05) is 18.8 Å². The van der Waals surface area contributed by atoms with Crippen LogP contribution in [0.1, 0.15) is 33.1 Å². The van der Waals surface area contributed by atoms with Crippen LogP contribution in [0, 0.1) is 0 Å². The zero-order chi connectivity index (χ0) is 10.2. The van der Waals surface area contributed by atoms with Crippen LogP contribution in [0.15, 0.2) is 0 Å². The van der Waals surface area contributed by atoms with Crippen molar-refractivity contribution in [3.63, 3.8) is 0 Å². The molecule has 2 fully saturated rings. The molecule has 2 nitrogen and oxygen atoms in total. The fourth-order valence-electron chi connectivity index (χ4n) is 2.64. The van der Waals surface area contributed by atoms with E-state index in [1.165, 1.54) is 38.1 Å². The molecular weight excluding hydrogens is 192 g/mol. The third kappa shape index (κ3) is 2.10. The first-order valence-corrected chi connectivity index (χ1v) is 6.73. The summed E-state index contributed by atoms with van der Waals surface area (Å²) < 4.78 is 0.512. The summed E-state index contributed by atoms with van der Waals surface area (Å²) in [7, 11) is 0. The Balaban J connectivity index is 1.91. The van der Waals surface area contributed by atoms with E-state index in [0.29, 0.717) is 16.8 Å². The molecule has 0 spiro atoms. The second-order valence-electron chi connectivity index (χ2n) is 5.07. The number of hydrogen-bond donors (Lipinski definition) is 1. The van der Waals surface area contributed by atoms with E-state index in [2.05, 4.69) is 30.5 Å². The maximum atomic E-state index is 6.04. The summed E-state index contributed by atoms with van der Waals surface area (Å²) in [5.74, 6) is 1.35. The minimum absolute atomic E-state index is 0.407. The molecule has 3 unspecified atom stereocenters. The summed E-state index contributed by atoms with van der Waals surface area (Å²) in [5, 5.41) is 0. The van der Waals surface area contributed by atoms with E-state index in [9.17, 15) is 0 Å². The van der Waals surface area contributed by atoms with Crippen molar-refractivity contribution in [2.24, 2.45) is 5.73 Å². The molecule has 3 heteroatoms. The molecule has 2 heterocycles. The van der Waals surface area contributed by atoms with Crippen LogP contribution >= 0.6 is 11.8 Å². The molecule has 0 aliphatic carbocycles. The van der Waals surface area contributed by atoms with Gasteiger partial charge in [-0.15, -0.1) is 0 Å². The topological polar surface area (TPSA) is 29.3 Å². The second kappa shape index (κ2) is 4.03. The highest BCUT2D eigenvalue weighted by atomic mass is 32.2. The van der Waals surface area contributed by atoms with Gasteiger partial charge < -0.3 is 5.73 Å². The van der Waals surface area contributed by atoms with E-state index in [0.717, 1.165) is 0 Å². The zero-order valence-corrected chi connectivity index (χ0v) is 10.1. The Hall–Kier alpha value is 0.270. The van der Waals surface area contributed by atoms with Crippen LogP contribution in [0.3, 0.4) is 0 Å². The van der Waals surface area contributed by atoms with Crippen molar-refractivity contribution in [1.29, 1.82) is 0 Å². The molecule has 0 aromatic rings. The van der Waals surface area contributed by atoms with Crippen LogP contribution in [0.2, 0.25) is 0 Å². The largest absolute Gasteiger partial charge is 0.326 e. The normalized spacial score (nSPS) is 44.8. The Morgan fingerprint density at radius 2 is 2.36 bits per heavy atom. The van der Waals surface area contributed by atoms with Gasteiger partial charge in [-0.1, -0.05) is 0 Å². The lowest BCUT2D eigenvalue weighted by Gasteiger charge is -2.32. The Morgan fingerprint density at radius 3 is 2.86 bits per heavy atom. The van der Waals surface area contributed by atoms with E-state index < -0.39 is 0 Å². The van der Waals surface area contributed by atoms with E-state index in [1.54, 1.807) is 0 Å². The van der Waals surface area contributed by atoms with Crippen molar-refractivity contribution in [1.82, 2.24) is 4.90 Å². The summed E-state index contributed by atoms with van der Waals surface area (Å²) in [5.41, 5.74) is 6.04. The predicted molar refractivity (Wildman–Crippen MR) is 63.7 cm³/mol. The zero-order valence-electron chi connectivity index (χ0n) is 9.33. The predicted octanol–water partition coefficient (Wildman–Crippen LogP) is 1.69. The molecule has 0 radical (unpaired) electrons. The monoisotopic (exact) mass is 214 g/mol. The van der Waals surface area contributed by atoms with Gasteiger partial charge in [0.05, 0.1) is 0 Å². The van der Waals surface area contributed by atoms with Crippen LogP contribution < -0.4 is 5.73 Å². The molecular formula is C11H22N2S. The van der Waals surface area contributed by atoms with Crippen molar-refractivity contribution < 1.29 is 0 Å². The molecule has 0 aromatic heterocycles. The molecule has 2 saturated heterocycles. The number of thioether (sulfide) groups is 1. The van der Waals surface area contributed by atoms with Crippen LogP contribution in [0.5, 0.6) is 0 Å². The lowest BCUT2D eigenvalue weighted by Crippen LogP contribution is -2.43. The molecule has 2 N–H and O–H groups in total. The summed E-state index contributed by atoms with van der Waals surface area (Å²) >= 11 is 2.15. The molecule has 3 atom stereocenters. The van der Waals surface area contributed by atoms with Gasteiger partial charge in [0.25, 0.3) is 0 Å². The van der Waals surface area contributed by atoms with Crippen molar-refractivity contribution in [2.45, 2.75) is 49.9 Å². The third-order valence-electron chi connectivity index (χ3n) is 3.78. The highest BCUT2D eigenvalue weighted by molar-refractivity contribution is 8.00. The molecule has 82 valence electrons. The van der Waals surface area contributed by atoms with E-state index in [1.807, 2.05) is 0 Å². The van der Waals surface area contributed by atoms with Crippen LogP contribution in [-0.2, 0) is 0 Å². The summed E-state index contributed by atoms with van der Waals surface area (Å²) in [6, 6.07) is 0.998. The standard InChI is InChI=1S/C11H22N2S/c1-9-10(12)4-6-13(9)8-11(2)5-3-7-14-11/h9-10H,3-8,12H2,1-2H3. The lowest BCUT2D eigenvalue weighted by atomic mass is 10.0. The third-order valence-corrected chi connectivity index (χ3v) is 5.31. The number of nitrogens with two attached hydrogens (primary N) is 1. The number of rotatable bonds is 2. The minimum Gasteiger partial charge on any atom is -0.326 e. The Morgan fingerprint density at radius 1 is 1.57 bits per heavy atom. The number of nitrogens with zero attached hydrogens (tertiary/aromatic N) is 1. The van der Waals surface area contributed by atoms with E-state index in [-0.39, 0.29) is 0 Å². The van der Waals surface area contributed by atoms with Crippen LogP contribution in [-0.4, -0.2) is 40.6 Å². The van der Waals surface area contributed by atoms with Gasteiger partial charge in [0.15, 0.2) is 0 Å². The molecule has 2 aliphatic heterocycles. The minimum atomic E-state index is 0.407. The lowest BCUT2D eigenvalue weighted by molar-refractivity contribution is 0.236. The molecule has 0 saturated carbocycles. The van der Waals surface area contributed by atoms with Crippen molar-refractivity contribution >= 4 is 11.8 Å². The summed E-state index contributed by atoms with van der Waals surface area (Å²) in [6.45, 7) is 7.15. The van der Waals surface area contributed by atoms with Crippen molar-refractivity contribution in [3.05, 3.63) is 0 Å². The average molecular weight is 214 g/mol. The fourth-order valence-corrected chi connectivity index (χ4v) is 3.97. The van der Waals surface area contributed by atoms with Gasteiger partial charge in [-0.3, -0.25) is 4.90 Å². The quantitative estimate of drug-likeness (QED) is 0.758. The molecule has 14 heavy (non-hydrogen) atoms. The van der Waals surface area contributed by atoms with E-state index in [4.69, 9.17) is 5.73 Å². The van der Waals surface area contributed by atoms with Crippen LogP contribution in [0.25, 0.3) is 0 Å². The van der Waals surface area contributed by atoms with Gasteiger partial charge in [-0.05, 0) is 38.9 Å². The fraction of sp³-hybridized carbons (Fsp3) is 1.00. The molecule has 2 aliphatic rings. The van der Waals surface area contributed by atoms with Gasteiger partial charge in [0.1, 0.15) is 0 Å². The summed E-state index contributed by atoms with van der Waals surface area (Å²) in [4.78, 5) is 2.59. The Labute approximate surface area is 91.6 Å². The summed E-state index contributed by atoms with van der Waals surface area (Å²) in [6.07, 6.45) is 3.97. The smallest absolute Gasteiger partial charge is 0.0259 e. The van der Waals surface area contributed by atoms with Gasteiger partial charge in [-0.2, -0.15) is 11.8 Å². The van der Waals surface area contributed by atoms with Crippen molar-refractivity contribution in [3.8, 4) is 0 Å². The van der Waals surface area contributed by atoms with Gasteiger partial charge >= 0.3 is 0 Å². The molecule has 0 aromatic carbocycles. The SMILES string of the molecule is CC1C(N)CCN1CC1(C)CCCS1. The number of hydrogen-bond acceptors (Lipinski definition) is 3. The number of likely N-dealkylation sites (tertiary alicyclic amines) is 1. The molecule has 0 amide bonds. The Bertz CT molecular complexity index is 201. The first kappa shape index (κ1) is 10.8. The Kier molecular flexibility index (Phi) is 3.10. The maximum absolute atomic E-state index is 6.04. The first-order valence-electron chi connectivity index (χ1n) is 5.74. The van der Waals surface area contributed by atoms with E-state index >= 15 is 0 Å². The highest BCUT2D eigenvalue weighted by Gasteiger charge is 2.36. The molecule has 2 rings (SSSR count). The second-order valence-corrected chi connectivity index (χ2v) is 6.75. The molecule has 0 bridgehead atoms.